The Hall–Kier alpha value is -1.17. The quantitative estimate of drug-likeness (QED) is 0.585. The van der Waals surface area contributed by atoms with Crippen molar-refractivity contribution in [3.05, 3.63) is 0 Å². The van der Waals surface area contributed by atoms with Crippen molar-refractivity contribution < 1.29 is 9.53 Å². The number of anilines is 1. The Morgan fingerprint density at radius 3 is 2.80 bits per heavy atom. The van der Waals surface area contributed by atoms with E-state index in [0.717, 1.165) is 11.3 Å². The molecule has 0 spiro atoms. The average molecular weight is 159 g/mol. The predicted molar refractivity (Wildman–Crippen MR) is 35.6 cm³/mol. The number of esters is 1. The summed E-state index contributed by atoms with van der Waals surface area (Å²) in [5.41, 5.74) is 5.21. The largest absolute Gasteiger partial charge is 0.397 e. The maximum Gasteiger partial charge on any atom is 0.309 e. The number of ether oxygens (including phenoxy) is 1. The molecule has 10 heavy (non-hydrogen) atoms. The van der Waals surface area contributed by atoms with E-state index in [2.05, 4.69) is 14.9 Å². The first-order valence-electron chi connectivity index (χ1n) is 2.46. The van der Waals surface area contributed by atoms with E-state index in [-0.39, 0.29) is 10.3 Å². The number of hydrogen-bond acceptors (Lipinski definition) is 6. The summed E-state index contributed by atoms with van der Waals surface area (Å²) >= 11 is 1.03. The molecule has 0 aliphatic carbocycles. The van der Waals surface area contributed by atoms with Gasteiger partial charge in [0.15, 0.2) is 0 Å². The van der Waals surface area contributed by atoms with Crippen LogP contribution in [0.1, 0.15) is 6.92 Å². The summed E-state index contributed by atoms with van der Waals surface area (Å²) in [6.45, 7) is 1.29. The van der Waals surface area contributed by atoms with E-state index >= 15 is 0 Å². The molecule has 2 N–H and O–H groups in total. The molecule has 6 heteroatoms. The van der Waals surface area contributed by atoms with Crippen LogP contribution in [-0.2, 0) is 4.79 Å². The van der Waals surface area contributed by atoms with Gasteiger partial charge in [0.25, 0.3) is 0 Å². The third-order valence-electron chi connectivity index (χ3n) is 0.653. The van der Waals surface area contributed by atoms with Crippen LogP contribution in [0.25, 0.3) is 0 Å². The number of aromatic nitrogens is 2. The van der Waals surface area contributed by atoms with Crippen molar-refractivity contribution in [2.24, 2.45) is 0 Å². The van der Waals surface area contributed by atoms with E-state index in [0.29, 0.717) is 0 Å². The zero-order valence-electron chi connectivity index (χ0n) is 5.20. The number of carbonyl (C=O) groups excluding carboxylic acids is 1. The molecular formula is C4H5N3O2S. The molecule has 0 aliphatic rings. The van der Waals surface area contributed by atoms with E-state index in [1.54, 1.807) is 0 Å². The lowest BCUT2D eigenvalue weighted by molar-refractivity contribution is -0.131. The summed E-state index contributed by atoms with van der Waals surface area (Å²) in [4.78, 5) is 10.3. The predicted octanol–water partition coefficient (Wildman–Crippen LogP) is 0.0456. The molecule has 0 aliphatic heterocycles. The van der Waals surface area contributed by atoms with Crippen molar-refractivity contribution in [3.8, 4) is 5.19 Å². The number of nitrogen functional groups attached to an aromatic ring is 1. The van der Waals surface area contributed by atoms with Crippen molar-refractivity contribution in [2.45, 2.75) is 6.92 Å². The van der Waals surface area contributed by atoms with Gasteiger partial charge in [0, 0.05) is 6.92 Å². The van der Waals surface area contributed by atoms with Crippen LogP contribution in [0.15, 0.2) is 0 Å². The average Bonchev–Trinajstić information content (AvgIpc) is 2.13. The van der Waals surface area contributed by atoms with Crippen LogP contribution in [0.3, 0.4) is 0 Å². The number of nitrogens with two attached hydrogens (primary N) is 1. The fourth-order valence-corrected chi connectivity index (χ4v) is 0.886. The Bertz CT molecular complexity index is 246. The Morgan fingerprint density at radius 2 is 2.40 bits per heavy atom. The van der Waals surface area contributed by atoms with Gasteiger partial charge in [-0.1, -0.05) is 5.10 Å². The lowest BCUT2D eigenvalue weighted by Gasteiger charge is -1.88. The summed E-state index contributed by atoms with van der Waals surface area (Å²) in [6.07, 6.45) is 0. The molecule has 1 aromatic heterocycles. The lowest BCUT2D eigenvalue weighted by atomic mass is 10.8. The molecule has 5 nitrogen and oxygen atoms in total. The molecule has 0 saturated heterocycles. The molecule has 1 aromatic rings. The first-order valence-corrected chi connectivity index (χ1v) is 3.27. The Morgan fingerprint density at radius 1 is 1.70 bits per heavy atom. The van der Waals surface area contributed by atoms with E-state index < -0.39 is 5.97 Å². The molecule has 54 valence electrons. The topological polar surface area (TPSA) is 78.1 Å². The Balaban J connectivity index is 2.67. The molecule has 0 bridgehead atoms. The van der Waals surface area contributed by atoms with Crippen LogP contribution in [0.5, 0.6) is 5.19 Å². The lowest BCUT2D eigenvalue weighted by Crippen LogP contribution is -2.00. The number of carbonyl (C=O) groups is 1. The van der Waals surface area contributed by atoms with Crippen LogP contribution < -0.4 is 10.5 Å². The molecule has 0 fully saturated rings. The normalized spacial score (nSPS) is 9.30. The SMILES string of the molecule is CC(=O)Oc1nnc(N)s1. The second kappa shape index (κ2) is 2.61. The number of nitrogens with zero attached hydrogens (tertiary/aromatic N) is 2. The zero-order valence-corrected chi connectivity index (χ0v) is 6.01. The Kier molecular flexibility index (Phi) is 1.81. The molecule has 1 rings (SSSR count). The van der Waals surface area contributed by atoms with Gasteiger partial charge in [-0.25, -0.2) is 0 Å². The minimum atomic E-state index is -0.420. The van der Waals surface area contributed by atoms with Gasteiger partial charge in [0.2, 0.25) is 5.13 Å². The summed E-state index contributed by atoms with van der Waals surface area (Å²) < 4.78 is 4.56. The summed E-state index contributed by atoms with van der Waals surface area (Å²) in [5.74, 6) is -0.420. The number of rotatable bonds is 1. The van der Waals surface area contributed by atoms with Gasteiger partial charge in [-0.2, -0.15) is 0 Å². The molecule has 1 heterocycles. The van der Waals surface area contributed by atoms with Gasteiger partial charge in [0.05, 0.1) is 0 Å². The van der Waals surface area contributed by atoms with Crippen molar-refractivity contribution in [1.82, 2.24) is 10.2 Å². The third kappa shape index (κ3) is 1.66. The van der Waals surface area contributed by atoms with Gasteiger partial charge in [-0.15, -0.1) is 5.10 Å². The molecule has 0 radical (unpaired) electrons. The second-order valence-corrected chi connectivity index (χ2v) is 2.47. The summed E-state index contributed by atoms with van der Waals surface area (Å²) in [5, 5.41) is 7.37. The van der Waals surface area contributed by atoms with E-state index in [4.69, 9.17) is 5.73 Å². The van der Waals surface area contributed by atoms with Gasteiger partial charge in [-0.05, 0) is 11.3 Å². The molecule has 0 saturated carbocycles. The van der Waals surface area contributed by atoms with Crippen molar-refractivity contribution in [3.63, 3.8) is 0 Å². The van der Waals surface area contributed by atoms with Crippen LogP contribution in [0.2, 0.25) is 0 Å². The fraction of sp³-hybridized carbons (Fsp3) is 0.250. The summed E-state index contributed by atoms with van der Waals surface area (Å²) in [7, 11) is 0. The highest BCUT2D eigenvalue weighted by Gasteiger charge is 2.02. The second-order valence-electron chi connectivity index (χ2n) is 1.50. The monoisotopic (exact) mass is 159 g/mol. The highest BCUT2D eigenvalue weighted by molar-refractivity contribution is 7.16. The molecule has 0 atom stereocenters. The van der Waals surface area contributed by atoms with Crippen molar-refractivity contribution in [2.75, 3.05) is 5.73 Å². The van der Waals surface area contributed by atoms with Gasteiger partial charge < -0.3 is 10.5 Å². The highest BCUT2D eigenvalue weighted by atomic mass is 32.1. The van der Waals surface area contributed by atoms with Crippen LogP contribution >= 0.6 is 11.3 Å². The van der Waals surface area contributed by atoms with Gasteiger partial charge in [0.1, 0.15) is 0 Å². The first-order chi connectivity index (χ1) is 4.68. The van der Waals surface area contributed by atoms with Gasteiger partial charge in [-0.3, -0.25) is 4.79 Å². The third-order valence-corrected chi connectivity index (χ3v) is 1.28. The van der Waals surface area contributed by atoms with Crippen LogP contribution in [0.4, 0.5) is 5.13 Å². The van der Waals surface area contributed by atoms with Crippen molar-refractivity contribution >= 4 is 22.4 Å². The fourth-order valence-electron chi connectivity index (χ4n) is 0.385. The first kappa shape index (κ1) is 6.94. The minimum absolute atomic E-state index is 0.185. The molecule has 0 amide bonds. The highest BCUT2D eigenvalue weighted by Crippen LogP contribution is 2.18. The smallest absolute Gasteiger partial charge is 0.309 e. The number of hydrogen-bond donors (Lipinski definition) is 1. The molecule has 0 aromatic carbocycles. The van der Waals surface area contributed by atoms with Crippen LogP contribution in [0, 0.1) is 0 Å². The summed E-state index contributed by atoms with van der Waals surface area (Å²) in [6, 6.07) is 0. The van der Waals surface area contributed by atoms with Crippen molar-refractivity contribution in [1.29, 1.82) is 0 Å². The van der Waals surface area contributed by atoms with Gasteiger partial charge >= 0.3 is 11.2 Å². The standard InChI is InChI=1S/C4H5N3O2S/c1-2(8)9-4-7-6-3(5)10-4/h1H3,(H2,5,6). The van der Waals surface area contributed by atoms with E-state index in [1.165, 1.54) is 6.92 Å². The molecule has 0 unspecified atom stereocenters. The molecular weight excluding hydrogens is 154 g/mol. The zero-order chi connectivity index (χ0) is 7.56. The van der Waals surface area contributed by atoms with E-state index in [9.17, 15) is 4.79 Å². The van der Waals surface area contributed by atoms with Crippen LogP contribution in [-0.4, -0.2) is 16.2 Å². The van der Waals surface area contributed by atoms with E-state index in [1.807, 2.05) is 0 Å². The minimum Gasteiger partial charge on any atom is -0.397 e. The Labute approximate surface area is 60.8 Å². The maximum absolute atomic E-state index is 10.3. The maximum atomic E-state index is 10.3.